The molecular formula is C17H17N3O3. The maximum absolute atomic E-state index is 12.1. The molecule has 0 fully saturated rings. The summed E-state index contributed by atoms with van der Waals surface area (Å²) in [6, 6.07) is 15.6. The van der Waals surface area contributed by atoms with Gasteiger partial charge in [0.1, 0.15) is 0 Å². The molecule has 0 aromatic heterocycles. The molecule has 6 nitrogen and oxygen atoms in total. The van der Waals surface area contributed by atoms with Gasteiger partial charge in [-0.25, -0.2) is 0 Å². The van der Waals surface area contributed by atoms with E-state index in [2.05, 4.69) is 5.32 Å². The summed E-state index contributed by atoms with van der Waals surface area (Å²) in [5.74, 6) is -2.20. The highest BCUT2D eigenvalue weighted by molar-refractivity contribution is 6.39. The summed E-state index contributed by atoms with van der Waals surface area (Å²) < 4.78 is 0. The van der Waals surface area contributed by atoms with Crippen molar-refractivity contribution in [3.05, 3.63) is 65.7 Å². The summed E-state index contributed by atoms with van der Waals surface area (Å²) >= 11 is 0. The molecule has 0 radical (unpaired) electrons. The van der Waals surface area contributed by atoms with Crippen LogP contribution in [0.2, 0.25) is 0 Å². The quantitative estimate of drug-likeness (QED) is 0.836. The molecule has 118 valence electrons. The third-order valence-corrected chi connectivity index (χ3v) is 3.24. The Hall–Kier alpha value is -3.15. The Bertz CT molecular complexity index is 729. The van der Waals surface area contributed by atoms with Crippen LogP contribution in [0.3, 0.4) is 0 Å². The highest BCUT2D eigenvalue weighted by Crippen LogP contribution is 2.14. The first kappa shape index (κ1) is 16.2. The van der Waals surface area contributed by atoms with Crippen molar-refractivity contribution in [2.75, 3.05) is 12.4 Å². The Morgan fingerprint density at radius 1 is 1.00 bits per heavy atom. The van der Waals surface area contributed by atoms with Crippen molar-refractivity contribution in [3.8, 4) is 0 Å². The van der Waals surface area contributed by atoms with Gasteiger partial charge in [-0.1, -0.05) is 42.5 Å². The van der Waals surface area contributed by atoms with Gasteiger partial charge < -0.3 is 16.0 Å². The van der Waals surface area contributed by atoms with Crippen LogP contribution in [0.15, 0.2) is 54.6 Å². The standard InChI is InChI=1S/C17H17N3O3/c1-20(11-12-7-3-2-4-8-12)17(23)16(22)19-14-10-6-5-9-13(14)15(18)21/h2-10H,11H2,1H3,(H2,18,21)(H,19,22). The molecule has 23 heavy (non-hydrogen) atoms. The SMILES string of the molecule is CN(Cc1ccccc1)C(=O)C(=O)Nc1ccccc1C(N)=O. The van der Waals surface area contributed by atoms with Crippen molar-refractivity contribution in [3.63, 3.8) is 0 Å². The smallest absolute Gasteiger partial charge is 0.313 e. The van der Waals surface area contributed by atoms with Crippen LogP contribution in [0, 0.1) is 0 Å². The van der Waals surface area contributed by atoms with Gasteiger partial charge in [-0.05, 0) is 17.7 Å². The maximum atomic E-state index is 12.1. The van der Waals surface area contributed by atoms with E-state index < -0.39 is 17.7 Å². The zero-order valence-corrected chi connectivity index (χ0v) is 12.7. The number of para-hydroxylation sites is 1. The van der Waals surface area contributed by atoms with Gasteiger partial charge in [-0.2, -0.15) is 0 Å². The number of nitrogens with two attached hydrogens (primary N) is 1. The molecule has 0 aliphatic rings. The summed E-state index contributed by atoms with van der Waals surface area (Å²) in [7, 11) is 1.54. The van der Waals surface area contributed by atoms with Gasteiger partial charge in [0.15, 0.2) is 0 Å². The lowest BCUT2D eigenvalue weighted by Crippen LogP contribution is -2.37. The Morgan fingerprint density at radius 2 is 1.61 bits per heavy atom. The minimum Gasteiger partial charge on any atom is -0.366 e. The fourth-order valence-electron chi connectivity index (χ4n) is 2.09. The second-order valence-corrected chi connectivity index (χ2v) is 5.01. The monoisotopic (exact) mass is 311 g/mol. The summed E-state index contributed by atoms with van der Waals surface area (Å²) in [6.45, 7) is 0.310. The van der Waals surface area contributed by atoms with Gasteiger partial charge in [0, 0.05) is 13.6 Å². The molecule has 0 aliphatic carbocycles. The molecular weight excluding hydrogens is 294 g/mol. The van der Waals surface area contributed by atoms with Crippen LogP contribution < -0.4 is 11.1 Å². The van der Waals surface area contributed by atoms with Crippen LogP contribution in [0.4, 0.5) is 5.69 Å². The number of carbonyl (C=O) groups excluding carboxylic acids is 3. The first-order valence-corrected chi connectivity index (χ1v) is 6.98. The lowest BCUT2D eigenvalue weighted by Gasteiger charge is -2.17. The van der Waals surface area contributed by atoms with Crippen molar-refractivity contribution in [2.24, 2.45) is 5.73 Å². The van der Waals surface area contributed by atoms with Gasteiger partial charge in [0.2, 0.25) is 0 Å². The molecule has 0 saturated carbocycles. The van der Waals surface area contributed by atoms with Gasteiger partial charge in [-0.15, -0.1) is 0 Å². The lowest BCUT2D eigenvalue weighted by molar-refractivity contribution is -0.142. The van der Waals surface area contributed by atoms with Gasteiger partial charge in [0.25, 0.3) is 5.91 Å². The van der Waals surface area contributed by atoms with E-state index in [9.17, 15) is 14.4 Å². The van der Waals surface area contributed by atoms with Crippen molar-refractivity contribution >= 4 is 23.4 Å². The number of nitrogens with zero attached hydrogens (tertiary/aromatic N) is 1. The molecule has 0 heterocycles. The summed E-state index contributed by atoms with van der Waals surface area (Å²) in [5.41, 5.74) is 6.52. The van der Waals surface area contributed by atoms with Crippen LogP contribution in [-0.2, 0) is 16.1 Å². The van der Waals surface area contributed by atoms with Crippen molar-refractivity contribution in [1.29, 1.82) is 0 Å². The molecule has 2 aromatic rings. The lowest BCUT2D eigenvalue weighted by atomic mass is 10.1. The van der Waals surface area contributed by atoms with E-state index in [1.54, 1.807) is 12.1 Å². The highest BCUT2D eigenvalue weighted by Gasteiger charge is 2.20. The number of rotatable bonds is 4. The van der Waals surface area contributed by atoms with E-state index in [0.29, 0.717) is 6.54 Å². The number of carbonyl (C=O) groups is 3. The van der Waals surface area contributed by atoms with Gasteiger partial charge >= 0.3 is 11.8 Å². The number of likely N-dealkylation sites (N-methyl/N-ethyl adjacent to an activating group) is 1. The van der Waals surface area contributed by atoms with Gasteiger partial charge in [-0.3, -0.25) is 14.4 Å². The molecule has 6 heteroatoms. The van der Waals surface area contributed by atoms with Gasteiger partial charge in [0.05, 0.1) is 11.3 Å². The largest absolute Gasteiger partial charge is 0.366 e. The van der Waals surface area contributed by atoms with Crippen LogP contribution >= 0.6 is 0 Å². The molecule has 3 amide bonds. The third kappa shape index (κ3) is 4.16. The second kappa shape index (κ2) is 7.22. The Morgan fingerprint density at radius 3 is 2.26 bits per heavy atom. The van der Waals surface area contributed by atoms with E-state index in [1.165, 1.54) is 24.1 Å². The zero-order valence-electron chi connectivity index (χ0n) is 12.7. The van der Waals surface area contributed by atoms with Crippen LogP contribution in [0.25, 0.3) is 0 Å². The molecule has 0 spiro atoms. The average Bonchev–Trinajstić information content (AvgIpc) is 2.55. The number of nitrogens with one attached hydrogen (secondary N) is 1. The topological polar surface area (TPSA) is 92.5 Å². The number of anilines is 1. The zero-order chi connectivity index (χ0) is 16.8. The van der Waals surface area contributed by atoms with Crippen LogP contribution in [0.1, 0.15) is 15.9 Å². The molecule has 0 bridgehead atoms. The maximum Gasteiger partial charge on any atom is 0.313 e. The summed E-state index contributed by atoms with van der Waals surface area (Å²) in [5, 5.41) is 2.43. The van der Waals surface area contributed by atoms with Crippen molar-refractivity contribution in [1.82, 2.24) is 4.90 Å². The highest BCUT2D eigenvalue weighted by atomic mass is 16.2. The first-order valence-electron chi connectivity index (χ1n) is 6.98. The summed E-state index contributed by atoms with van der Waals surface area (Å²) in [4.78, 5) is 36.8. The van der Waals surface area contributed by atoms with Crippen LogP contribution in [-0.4, -0.2) is 29.7 Å². The molecule has 0 unspecified atom stereocenters. The van der Waals surface area contributed by atoms with E-state index in [1.807, 2.05) is 30.3 Å². The van der Waals surface area contributed by atoms with Crippen molar-refractivity contribution < 1.29 is 14.4 Å². The first-order chi connectivity index (χ1) is 11.0. The molecule has 2 rings (SSSR count). The average molecular weight is 311 g/mol. The number of amides is 3. The third-order valence-electron chi connectivity index (χ3n) is 3.24. The molecule has 0 aliphatic heterocycles. The Labute approximate surface area is 133 Å². The molecule has 3 N–H and O–H groups in total. The normalized spacial score (nSPS) is 9.96. The number of benzene rings is 2. The predicted molar refractivity (Wildman–Crippen MR) is 86.5 cm³/mol. The fraction of sp³-hybridized carbons (Fsp3) is 0.118. The van der Waals surface area contributed by atoms with Crippen molar-refractivity contribution in [2.45, 2.75) is 6.54 Å². The Balaban J connectivity index is 2.06. The van der Waals surface area contributed by atoms with E-state index in [4.69, 9.17) is 5.73 Å². The second-order valence-electron chi connectivity index (χ2n) is 5.01. The van der Waals surface area contributed by atoms with Crippen LogP contribution in [0.5, 0.6) is 0 Å². The summed E-state index contributed by atoms with van der Waals surface area (Å²) in [6.07, 6.45) is 0. The number of hydrogen-bond donors (Lipinski definition) is 2. The Kier molecular flexibility index (Phi) is 5.09. The molecule has 0 saturated heterocycles. The molecule has 2 aromatic carbocycles. The fourth-order valence-corrected chi connectivity index (χ4v) is 2.09. The minimum atomic E-state index is -0.822. The van der Waals surface area contributed by atoms with E-state index in [0.717, 1.165) is 5.56 Å². The minimum absolute atomic E-state index is 0.152. The number of hydrogen-bond acceptors (Lipinski definition) is 3. The van der Waals surface area contributed by atoms with E-state index >= 15 is 0 Å². The molecule has 0 atom stereocenters. The number of primary amides is 1. The predicted octanol–water partition coefficient (Wildman–Crippen LogP) is 1.38. The van der Waals surface area contributed by atoms with E-state index in [-0.39, 0.29) is 11.3 Å².